The normalized spacial score (nSPS) is 12.0. The zero-order valence-electron chi connectivity index (χ0n) is 41.8. The van der Waals surface area contributed by atoms with Crippen molar-refractivity contribution in [3.63, 3.8) is 0 Å². The van der Waals surface area contributed by atoms with Crippen molar-refractivity contribution in [1.29, 1.82) is 0 Å². The number of unbranched alkanes of at least 4 members (excludes halogenated alkanes) is 34. The molecule has 0 aromatic rings. The van der Waals surface area contributed by atoms with Crippen molar-refractivity contribution in [3.05, 3.63) is 0 Å². The molecule has 0 heterocycles. The van der Waals surface area contributed by atoms with Gasteiger partial charge < -0.3 is 14.2 Å². The number of esters is 3. The number of carbonyl (C=O) groups excluding carboxylic acids is 3. The molecule has 6 nitrogen and oxygen atoms in total. The number of hydrogen-bond donors (Lipinski definition) is 0. The largest absolute Gasteiger partial charge is 0.462 e. The predicted octanol–water partition coefficient (Wildman–Crippen LogP) is 17.7. The monoisotopic (exact) mass is 863 g/mol. The molecular formula is C55H106O6. The molecule has 0 aromatic carbocycles. The molecule has 0 aliphatic heterocycles. The SMILES string of the molecule is CCCCCCCCCCCCCCCCCCCCC(=O)OC[C@@H](COC(=O)CCCCCCCCC(C)C)OC(=O)CCCCCCCCCCCCCCCC(C)C. The summed E-state index contributed by atoms with van der Waals surface area (Å²) in [4.78, 5) is 37.9. The van der Waals surface area contributed by atoms with Crippen LogP contribution in [0.15, 0.2) is 0 Å². The molecule has 6 heteroatoms. The van der Waals surface area contributed by atoms with Crippen molar-refractivity contribution in [2.24, 2.45) is 11.8 Å². The van der Waals surface area contributed by atoms with E-state index < -0.39 is 6.10 Å². The quantitative estimate of drug-likeness (QED) is 0.0344. The second-order valence-electron chi connectivity index (χ2n) is 19.8. The minimum atomic E-state index is -0.762. The Labute approximate surface area is 380 Å². The van der Waals surface area contributed by atoms with E-state index in [4.69, 9.17) is 14.2 Å². The van der Waals surface area contributed by atoms with Crippen molar-refractivity contribution in [2.45, 2.75) is 310 Å². The van der Waals surface area contributed by atoms with Gasteiger partial charge >= 0.3 is 17.9 Å². The van der Waals surface area contributed by atoms with Gasteiger partial charge in [-0.2, -0.15) is 0 Å². The Kier molecular flexibility index (Phi) is 46.6. The summed E-state index contributed by atoms with van der Waals surface area (Å²) in [5.41, 5.74) is 0. The highest BCUT2D eigenvalue weighted by Gasteiger charge is 2.19. The van der Waals surface area contributed by atoms with E-state index in [1.807, 2.05) is 0 Å². The predicted molar refractivity (Wildman–Crippen MR) is 261 cm³/mol. The van der Waals surface area contributed by atoms with Crippen molar-refractivity contribution in [3.8, 4) is 0 Å². The van der Waals surface area contributed by atoms with E-state index >= 15 is 0 Å². The van der Waals surface area contributed by atoms with Crippen molar-refractivity contribution >= 4 is 17.9 Å². The van der Waals surface area contributed by atoms with Crippen molar-refractivity contribution in [1.82, 2.24) is 0 Å². The number of rotatable bonds is 49. The minimum absolute atomic E-state index is 0.0641. The summed E-state index contributed by atoms with van der Waals surface area (Å²) in [6.07, 6.45) is 49.7. The second-order valence-corrected chi connectivity index (χ2v) is 19.8. The molecule has 61 heavy (non-hydrogen) atoms. The first-order valence-corrected chi connectivity index (χ1v) is 27.2. The van der Waals surface area contributed by atoms with Crippen molar-refractivity contribution < 1.29 is 28.6 Å². The molecule has 0 amide bonds. The van der Waals surface area contributed by atoms with E-state index in [-0.39, 0.29) is 31.1 Å². The third-order valence-corrected chi connectivity index (χ3v) is 12.5. The van der Waals surface area contributed by atoms with Crippen LogP contribution >= 0.6 is 0 Å². The summed E-state index contributed by atoms with van der Waals surface area (Å²) < 4.78 is 16.8. The Morgan fingerprint density at radius 3 is 0.803 bits per heavy atom. The molecule has 0 N–H and O–H groups in total. The summed E-state index contributed by atoms with van der Waals surface area (Å²) in [6, 6.07) is 0. The van der Waals surface area contributed by atoms with Crippen LogP contribution < -0.4 is 0 Å². The van der Waals surface area contributed by atoms with Crippen LogP contribution in [0.25, 0.3) is 0 Å². The van der Waals surface area contributed by atoms with Gasteiger partial charge in [-0.1, -0.05) is 266 Å². The lowest BCUT2D eigenvalue weighted by Crippen LogP contribution is -2.30. The molecule has 0 bridgehead atoms. The standard InChI is InChI=1S/C55H106O6/c1-6-7-8-9-10-11-12-13-14-15-16-17-20-23-26-29-35-40-45-53(56)59-48-52(49-60-54(57)46-41-36-32-31-34-39-44-51(4)5)61-55(58)47-42-37-30-27-24-21-18-19-22-25-28-33-38-43-50(2)3/h50-52H,6-49H2,1-5H3/t52-/m0/s1. The van der Waals surface area contributed by atoms with Gasteiger partial charge in [0.2, 0.25) is 0 Å². The van der Waals surface area contributed by atoms with Crippen LogP contribution in [0.1, 0.15) is 304 Å². The first-order chi connectivity index (χ1) is 29.7. The molecular weight excluding hydrogens is 757 g/mol. The zero-order chi connectivity index (χ0) is 44.7. The van der Waals surface area contributed by atoms with Crippen LogP contribution in [0.2, 0.25) is 0 Å². The Morgan fingerprint density at radius 2 is 0.541 bits per heavy atom. The number of carbonyl (C=O) groups is 3. The molecule has 0 fully saturated rings. The molecule has 0 rings (SSSR count). The molecule has 0 radical (unpaired) electrons. The lowest BCUT2D eigenvalue weighted by Gasteiger charge is -2.18. The molecule has 0 aromatic heterocycles. The molecule has 0 aliphatic carbocycles. The van der Waals surface area contributed by atoms with Crippen LogP contribution in [0.3, 0.4) is 0 Å². The van der Waals surface area contributed by atoms with E-state index in [9.17, 15) is 14.4 Å². The van der Waals surface area contributed by atoms with Gasteiger partial charge in [-0.05, 0) is 31.1 Å². The summed E-state index contributed by atoms with van der Waals surface area (Å²) >= 11 is 0. The molecule has 0 unspecified atom stereocenters. The van der Waals surface area contributed by atoms with E-state index in [0.29, 0.717) is 19.3 Å². The highest BCUT2D eigenvalue weighted by molar-refractivity contribution is 5.71. The first-order valence-electron chi connectivity index (χ1n) is 27.2. The fourth-order valence-corrected chi connectivity index (χ4v) is 8.34. The Hall–Kier alpha value is -1.59. The van der Waals surface area contributed by atoms with Crippen LogP contribution in [0.5, 0.6) is 0 Å². The van der Waals surface area contributed by atoms with Crippen LogP contribution in [0.4, 0.5) is 0 Å². The van der Waals surface area contributed by atoms with Gasteiger partial charge in [0.25, 0.3) is 0 Å². The smallest absolute Gasteiger partial charge is 0.306 e. The van der Waals surface area contributed by atoms with Gasteiger partial charge in [0.1, 0.15) is 13.2 Å². The summed E-state index contributed by atoms with van der Waals surface area (Å²) in [6.45, 7) is 11.3. The molecule has 0 saturated heterocycles. The highest BCUT2D eigenvalue weighted by atomic mass is 16.6. The fourth-order valence-electron chi connectivity index (χ4n) is 8.34. The van der Waals surface area contributed by atoms with E-state index in [2.05, 4.69) is 34.6 Å². The summed E-state index contributed by atoms with van der Waals surface area (Å²) in [7, 11) is 0. The van der Waals surface area contributed by atoms with Gasteiger partial charge in [-0.25, -0.2) is 0 Å². The second kappa shape index (κ2) is 47.9. The van der Waals surface area contributed by atoms with Gasteiger partial charge in [0.05, 0.1) is 0 Å². The third kappa shape index (κ3) is 49.3. The minimum Gasteiger partial charge on any atom is -0.462 e. The van der Waals surface area contributed by atoms with E-state index in [1.165, 1.54) is 193 Å². The maximum atomic E-state index is 12.8. The van der Waals surface area contributed by atoms with Crippen LogP contribution in [-0.4, -0.2) is 37.2 Å². The maximum Gasteiger partial charge on any atom is 0.306 e. The molecule has 362 valence electrons. The maximum absolute atomic E-state index is 12.8. The first kappa shape index (κ1) is 59.4. The van der Waals surface area contributed by atoms with E-state index in [0.717, 1.165) is 69.6 Å². The van der Waals surface area contributed by atoms with Gasteiger partial charge in [0, 0.05) is 19.3 Å². The Bertz CT molecular complexity index is 931. The lowest BCUT2D eigenvalue weighted by atomic mass is 10.0. The van der Waals surface area contributed by atoms with Gasteiger partial charge in [-0.15, -0.1) is 0 Å². The van der Waals surface area contributed by atoms with Gasteiger partial charge in [0.15, 0.2) is 6.10 Å². The Balaban J connectivity index is 4.23. The topological polar surface area (TPSA) is 78.9 Å². The zero-order valence-corrected chi connectivity index (χ0v) is 41.8. The molecule has 0 spiro atoms. The molecule has 1 atom stereocenters. The lowest BCUT2D eigenvalue weighted by molar-refractivity contribution is -0.167. The summed E-state index contributed by atoms with van der Waals surface area (Å²) in [5, 5.41) is 0. The van der Waals surface area contributed by atoms with Crippen LogP contribution in [0, 0.1) is 11.8 Å². The highest BCUT2D eigenvalue weighted by Crippen LogP contribution is 2.18. The summed E-state index contributed by atoms with van der Waals surface area (Å²) in [5.74, 6) is 0.752. The fraction of sp³-hybridized carbons (Fsp3) is 0.945. The van der Waals surface area contributed by atoms with E-state index in [1.54, 1.807) is 0 Å². The third-order valence-electron chi connectivity index (χ3n) is 12.5. The number of hydrogen-bond acceptors (Lipinski definition) is 6. The van der Waals surface area contributed by atoms with Gasteiger partial charge in [-0.3, -0.25) is 14.4 Å². The van der Waals surface area contributed by atoms with Crippen LogP contribution in [-0.2, 0) is 28.6 Å². The molecule has 0 aliphatic rings. The molecule has 0 saturated carbocycles. The number of ether oxygens (including phenoxy) is 3. The average molecular weight is 863 g/mol. The average Bonchev–Trinajstić information content (AvgIpc) is 3.23. The Morgan fingerprint density at radius 1 is 0.311 bits per heavy atom. The van der Waals surface area contributed by atoms with Crippen molar-refractivity contribution in [2.75, 3.05) is 13.2 Å².